The minimum Gasteiger partial charge on any atom is -0.442 e. The number of allylic oxidation sites excluding steroid dienone is 6. The third-order valence-corrected chi connectivity index (χ3v) is 17.8. The predicted octanol–water partition coefficient (Wildman–Crippen LogP) is 17.6. The first-order valence-corrected chi connectivity index (χ1v) is 35.5. The number of rotatable bonds is 70. The number of esters is 2. The van der Waals surface area contributed by atoms with Gasteiger partial charge in [0.1, 0.15) is 5.41 Å². The molecule has 512 valence electrons. The first-order valence-electron chi connectivity index (χ1n) is 35.5. The van der Waals surface area contributed by atoms with Gasteiger partial charge in [-0.15, -0.1) is 39.5 Å². The third-order valence-electron chi connectivity index (χ3n) is 17.8. The van der Waals surface area contributed by atoms with Crippen LogP contribution in [-0.4, -0.2) is 106 Å². The summed E-state index contributed by atoms with van der Waals surface area (Å²) in [4.78, 5) is 96.0. The van der Waals surface area contributed by atoms with Crippen molar-refractivity contribution in [2.45, 2.75) is 319 Å². The van der Waals surface area contributed by atoms with Crippen molar-refractivity contribution in [1.29, 1.82) is 0 Å². The summed E-state index contributed by atoms with van der Waals surface area (Å²) in [5, 5.41) is 45.0. The fraction of sp³-hybridized carbons (Fsp3) is 0.763. The van der Waals surface area contributed by atoms with E-state index in [9.17, 15) is 20.4 Å². The van der Waals surface area contributed by atoms with Crippen LogP contribution in [0.5, 0.6) is 0 Å². The lowest BCUT2D eigenvalue weighted by Gasteiger charge is -2.54. The first kappa shape index (κ1) is 84.9. The summed E-state index contributed by atoms with van der Waals surface area (Å²) in [5.41, 5.74) is -11.0. The van der Waals surface area contributed by atoms with Gasteiger partial charge in [0.2, 0.25) is 11.2 Å². The Morgan fingerprint density at radius 2 is 0.472 bits per heavy atom. The van der Waals surface area contributed by atoms with E-state index < -0.39 is 96.7 Å². The van der Waals surface area contributed by atoms with Gasteiger partial charge in [-0.2, -0.15) is 0 Å². The second-order valence-corrected chi connectivity index (χ2v) is 25.4. The standard InChI is InChI=1S/C76H130O13/c1-7-13-19-25-31-37-43-49-55-67(81)75(68(82)56-50-44-38-32-26-20-14-8-2,88-71(85)59-53-47-41-35-29-23-17-11-5)74(64-80,66-87-65-73(61-77,62-78)63-79)76(69(83)57-51-45-39-33-27-21-15-9-3,70(84)58-52-46-40-34-28-22-16-10-4)89-72(86)60-54-48-42-36-30-24-18-12-6/h7-12,77-80H,1-6,13-66H2. The van der Waals surface area contributed by atoms with E-state index in [1.165, 1.54) is 0 Å². The topological polar surface area (TPSA) is 211 Å². The monoisotopic (exact) mass is 1250 g/mol. The number of hydrogen-bond acceptors (Lipinski definition) is 13. The van der Waals surface area contributed by atoms with Crippen LogP contribution in [0.25, 0.3) is 0 Å². The van der Waals surface area contributed by atoms with Crippen molar-refractivity contribution < 1.29 is 63.4 Å². The maximum Gasteiger partial charge on any atom is 0.307 e. The number of carbonyl (C=O) groups excluding carboxylic acids is 6. The summed E-state index contributed by atoms with van der Waals surface area (Å²) in [5.74, 6) is -5.70. The van der Waals surface area contributed by atoms with Crippen LogP contribution in [0, 0.1) is 10.8 Å². The van der Waals surface area contributed by atoms with Gasteiger partial charge in [-0.3, -0.25) is 28.8 Å². The summed E-state index contributed by atoms with van der Waals surface area (Å²) in [6.07, 6.45) is 40.7. The lowest BCUT2D eigenvalue weighted by atomic mass is 9.54. The zero-order chi connectivity index (χ0) is 66.0. The van der Waals surface area contributed by atoms with Gasteiger partial charge >= 0.3 is 11.9 Å². The van der Waals surface area contributed by atoms with Crippen molar-refractivity contribution in [1.82, 2.24) is 0 Å². The quantitative estimate of drug-likeness (QED) is 0.0193. The van der Waals surface area contributed by atoms with Gasteiger partial charge in [0.15, 0.2) is 23.1 Å². The van der Waals surface area contributed by atoms with Crippen LogP contribution < -0.4 is 0 Å². The van der Waals surface area contributed by atoms with Gasteiger partial charge in [0.05, 0.1) is 45.1 Å². The molecule has 0 aliphatic rings. The van der Waals surface area contributed by atoms with Crippen molar-refractivity contribution in [3.8, 4) is 0 Å². The average molecular weight is 1250 g/mol. The molecular weight excluding hydrogens is 1120 g/mol. The van der Waals surface area contributed by atoms with Crippen LogP contribution in [-0.2, 0) is 43.0 Å². The summed E-state index contributed by atoms with van der Waals surface area (Å²) < 4.78 is 20.0. The molecule has 89 heavy (non-hydrogen) atoms. The number of Topliss-reactive ketones (excluding diaryl/α,β-unsaturated/α-hetero) is 4. The number of aliphatic hydroxyl groups excluding tert-OH is 4. The molecule has 0 amide bonds. The molecule has 0 bridgehead atoms. The second-order valence-electron chi connectivity index (χ2n) is 25.4. The Morgan fingerprint density at radius 3 is 0.674 bits per heavy atom. The van der Waals surface area contributed by atoms with E-state index in [0.717, 1.165) is 193 Å². The van der Waals surface area contributed by atoms with E-state index in [0.29, 0.717) is 51.4 Å². The van der Waals surface area contributed by atoms with E-state index in [1.54, 1.807) is 0 Å². The third kappa shape index (κ3) is 34.4. The van der Waals surface area contributed by atoms with Gasteiger partial charge < -0.3 is 34.6 Å². The molecule has 4 N–H and O–H groups in total. The van der Waals surface area contributed by atoms with Gasteiger partial charge in [0.25, 0.3) is 0 Å². The molecule has 0 saturated heterocycles. The van der Waals surface area contributed by atoms with Crippen LogP contribution in [0.3, 0.4) is 0 Å². The number of ketones is 4. The Labute approximate surface area is 541 Å². The van der Waals surface area contributed by atoms with Gasteiger partial charge in [-0.1, -0.05) is 191 Å². The number of hydrogen-bond donors (Lipinski definition) is 4. The molecule has 0 rings (SSSR count). The highest BCUT2D eigenvalue weighted by Crippen LogP contribution is 2.52. The van der Waals surface area contributed by atoms with Crippen LogP contribution in [0.15, 0.2) is 75.9 Å². The molecule has 0 unspecified atom stereocenters. The molecule has 0 aromatic carbocycles. The van der Waals surface area contributed by atoms with E-state index >= 15 is 28.8 Å². The molecule has 0 atom stereocenters. The zero-order valence-corrected chi connectivity index (χ0v) is 56.4. The summed E-state index contributed by atoms with van der Waals surface area (Å²) in [6, 6.07) is 0. The maximum atomic E-state index is 16.4. The molecule has 0 radical (unpaired) electrons. The fourth-order valence-electron chi connectivity index (χ4n) is 12.1. The molecule has 0 aliphatic carbocycles. The SMILES string of the molecule is C=CCCCCCCCCC(=O)OC(C(=O)CCCCCCCCC=C)(C(=O)CCCCCCCCC=C)C(CO)(COCC(CO)(CO)CO)C(OC(=O)CCCCCCCCC=C)(C(=O)CCCCCCCCC=C)C(=O)CCCCCCCCC=C. The van der Waals surface area contributed by atoms with Crippen molar-refractivity contribution >= 4 is 35.1 Å². The van der Waals surface area contributed by atoms with E-state index in [-0.39, 0.29) is 64.2 Å². The summed E-state index contributed by atoms with van der Waals surface area (Å²) in [6.45, 7) is 17.5. The van der Waals surface area contributed by atoms with Crippen molar-refractivity contribution in [2.24, 2.45) is 10.8 Å². The van der Waals surface area contributed by atoms with Crippen LogP contribution in [0.4, 0.5) is 0 Å². The Morgan fingerprint density at radius 1 is 0.270 bits per heavy atom. The first-order chi connectivity index (χ1) is 43.3. The van der Waals surface area contributed by atoms with Gasteiger partial charge in [-0.05, 0) is 116 Å². The minimum absolute atomic E-state index is 0.219. The van der Waals surface area contributed by atoms with E-state index in [2.05, 4.69) is 39.5 Å². The van der Waals surface area contributed by atoms with E-state index in [1.807, 2.05) is 36.5 Å². The molecule has 0 spiro atoms. The predicted molar refractivity (Wildman–Crippen MR) is 365 cm³/mol. The highest BCUT2D eigenvalue weighted by atomic mass is 16.6. The molecule has 0 fully saturated rings. The second kappa shape index (κ2) is 56.6. The highest BCUT2D eigenvalue weighted by Gasteiger charge is 2.77. The summed E-state index contributed by atoms with van der Waals surface area (Å²) >= 11 is 0. The number of carbonyl (C=O) groups is 6. The molecular formula is C76H130O13. The van der Waals surface area contributed by atoms with E-state index in [4.69, 9.17) is 14.2 Å². The Kier molecular flexibility index (Phi) is 54.0. The normalized spacial score (nSPS) is 11.9. The van der Waals surface area contributed by atoms with Crippen molar-refractivity contribution in [2.75, 3.05) is 39.6 Å². The Bertz CT molecular complexity index is 1720. The van der Waals surface area contributed by atoms with Crippen molar-refractivity contribution in [3.63, 3.8) is 0 Å². The minimum atomic E-state index is -3.16. The number of ether oxygens (including phenoxy) is 3. The van der Waals surface area contributed by atoms with Crippen LogP contribution in [0.1, 0.15) is 308 Å². The smallest absolute Gasteiger partial charge is 0.307 e. The Hall–Kier alpha value is -4.14. The fourth-order valence-corrected chi connectivity index (χ4v) is 12.1. The number of unbranched alkanes of at least 4 members (excludes halogenated alkanes) is 36. The maximum absolute atomic E-state index is 16.4. The highest BCUT2D eigenvalue weighted by molar-refractivity contribution is 6.19. The van der Waals surface area contributed by atoms with Gasteiger partial charge in [0, 0.05) is 38.5 Å². The molecule has 0 heterocycles. The van der Waals surface area contributed by atoms with Crippen LogP contribution in [0.2, 0.25) is 0 Å². The largest absolute Gasteiger partial charge is 0.442 e. The van der Waals surface area contributed by atoms with Crippen molar-refractivity contribution in [3.05, 3.63) is 75.9 Å². The molecule has 0 aliphatic heterocycles. The lowest BCUT2D eigenvalue weighted by molar-refractivity contribution is -0.242. The average Bonchev–Trinajstić information content (AvgIpc) is 0.702. The molecule has 13 nitrogen and oxygen atoms in total. The molecule has 0 aromatic heterocycles. The lowest BCUT2D eigenvalue weighted by Crippen LogP contribution is -2.78. The van der Waals surface area contributed by atoms with Gasteiger partial charge in [-0.25, -0.2) is 0 Å². The molecule has 13 heteroatoms. The summed E-state index contributed by atoms with van der Waals surface area (Å²) in [7, 11) is 0. The van der Waals surface area contributed by atoms with Crippen LogP contribution >= 0.6 is 0 Å². The number of aliphatic hydroxyl groups is 4. The Balaban J connectivity index is 9.08. The molecule has 0 aromatic rings. The zero-order valence-electron chi connectivity index (χ0n) is 56.4. The molecule has 0 saturated carbocycles.